The third-order valence-corrected chi connectivity index (χ3v) is 3.22. The summed E-state index contributed by atoms with van der Waals surface area (Å²) in [6.07, 6.45) is 5.38. The highest BCUT2D eigenvalue weighted by Gasteiger charge is 2.02. The minimum atomic E-state index is 1.08. The summed E-state index contributed by atoms with van der Waals surface area (Å²) in [5.74, 6) is 0. The maximum absolute atomic E-state index is 2.29. The van der Waals surface area contributed by atoms with Gasteiger partial charge in [-0.1, -0.05) is 74.9 Å². The molecule has 0 nitrogen and oxygen atoms in total. The van der Waals surface area contributed by atoms with Gasteiger partial charge in [-0.05, 0) is 48.6 Å². The quantitative estimate of drug-likeness (QED) is 0.613. The van der Waals surface area contributed by atoms with Gasteiger partial charge in [0.1, 0.15) is 0 Å². The Morgan fingerprint density at radius 3 is 2.25 bits per heavy atom. The van der Waals surface area contributed by atoms with Crippen molar-refractivity contribution in [1.29, 1.82) is 0 Å². The van der Waals surface area contributed by atoms with Crippen LogP contribution < -0.4 is 0 Å². The van der Waals surface area contributed by atoms with Crippen molar-refractivity contribution in [3.63, 3.8) is 0 Å². The van der Waals surface area contributed by atoms with Gasteiger partial charge in [0.15, 0.2) is 0 Å². The van der Waals surface area contributed by atoms with E-state index in [2.05, 4.69) is 75.4 Å². The van der Waals surface area contributed by atoms with Gasteiger partial charge < -0.3 is 0 Å². The molecule has 0 bridgehead atoms. The Kier molecular flexibility index (Phi) is 6.79. The summed E-state index contributed by atoms with van der Waals surface area (Å²) in [6, 6.07) is 15.4. The summed E-state index contributed by atoms with van der Waals surface area (Å²) in [5.41, 5.74) is 6.63. The standard InChI is InChI=1S/C18H20.C2H6/c1-4-7-16-13-18(11-10-15(16)5-2)17-9-6-8-14(3)12-17;1-2/h4,6-13H,5H2,1-3H3;1-2H3/b7-4-;. The first-order valence-electron chi connectivity index (χ1n) is 7.57. The van der Waals surface area contributed by atoms with Crippen LogP contribution in [0.25, 0.3) is 17.2 Å². The second kappa shape index (κ2) is 8.37. The molecule has 0 unspecified atom stereocenters. The van der Waals surface area contributed by atoms with E-state index in [0.29, 0.717) is 0 Å². The third kappa shape index (κ3) is 4.09. The Morgan fingerprint density at radius 2 is 1.65 bits per heavy atom. The van der Waals surface area contributed by atoms with Crippen LogP contribution in [0.1, 0.15) is 44.4 Å². The van der Waals surface area contributed by atoms with Crippen LogP contribution in [0.4, 0.5) is 0 Å². The molecule has 0 saturated carbocycles. The zero-order valence-corrected chi connectivity index (χ0v) is 13.4. The number of rotatable bonds is 3. The highest BCUT2D eigenvalue weighted by atomic mass is 14.1. The molecular weight excluding hydrogens is 240 g/mol. The Labute approximate surface area is 124 Å². The predicted molar refractivity (Wildman–Crippen MR) is 92.0 cm³/mol. The second-order valence-corrected chi connectivity index (χ2v) is 4.64. The third-order valence-electron chi connectivity index (χ3n) is 3.22. The Balaban J connectivity index is 0.000000956. The molecule has 0 amide bonds. The van der Waals surface area contributed by atoms with Gasteiger partial charge in [-0.25, -0.2) is 0 Å². The molecule has 0 aliphatic heterocycles. The van der Waals surface area contributed by atoms with Gasteiger partial charge >= 0.3 is 0 Å². The summed E-state index contributed by atoms with van der Waals surface area (Å²) in [4.78, 5) is 0. The highest BCUT2D eigenvalue weighted by molar-refractivity contribution is 5.69. The lowest BCUT2D eigenvalue weighted by molar-refractivity contribution is 1.13. The van der Waals surface area contributed by atoms with Crippen LogP contribution in [0.2, 0.25) is 0 Å². The van der Waals surface area contributed by atoms with Crippen molar-refractivity contribution in [3.8, 4) is 11.1 Å². The maximum Gasteiger partial charge on any atom is -0.0178 e. The summed E-state index contributed by atoms with van der Waals surface area (Å²) in [7, 11) is 0. The van der Waals surface area contributed by atoms with Crippen LogP contribution >= 0.6 is 0 Å². The minimum absolute atomic E-state index is 1.08. The zero-order valence-electron chi connectivity index (χ0n) is 13.4. The van der Waals surface area contributed by atoms with Crippen molar-refractivity contribution in [2.75, 3.05) is 0 Å². The summed E-state index contributed by atoms with van der Waals surface area (Å²) < 4.78 is 0. The largest absolute Gasteiger partial charge is 0.0871 e. The van der Waals surface area contributed by atoms with Crippen molar-refractivity contribution in [2.45, 2.75) is 41.0 Å². The van der Waals surface area contributed by atoms with E-state index in [4.69, 9.17) is 0 Å². The fraction of sp³-hybridized carbons (Fsp3) is 0.300. The zero-order chi connectivity index (χ0) is 15.0. The summed E-state index contributed by atoms with van der Waals surface area (Å²) in [5, 5.41) is 0. The summed E-state index contributed by atoms with van der Waals surface area (Å²) >= 11 is 0. The second-order valence-electron chi connectivity index (χ2n) is 4.64. The molecule has 0 heteroatoms. The van der Waals surface area contributed by atoms with Crippen LogP contribution in [-0.2, 0) is 6.42 Å². The normalized spacial score (nSPS) is 10.2. The molecule has 106 valence electrons. The highest BCUT2D eigenvalue weighted by Crippen LogP contribution is 2.24. The van der Waals surface area contributed by atoms with Crippen molar-refractivity contribution < 1.29 is 0 Å². The molecule has 0 aliphatic rings. The average molecular weight is 266 g/mol. The molecule has 2 aromatic rings. The molecule has 0 aromatic heterocycles. The Hall–Kier alpha value is -1.82. The molecule has 0 aliphatic carbocycles. The van der Waals surface area contributed by atoms with Gasteiger partial charge in [0.2, 0.25) is 0 Å². The van der Waals surface area contributed by atoms with E-state index < -0.39 is 0 Å². The van der Waals surface area contributed by atoms with Crippen LogP contribution in [0.5, 0.6) is 0 Å². The Bertz CT molecular complexity index is 562. The predicted octanol–water partition coefficient (Wildman–Crippen LogP) is 6.28. The fourth-order valence-corrected chi connectivity index (χ4v) is 2.26. The van der Waals surface area contributed by atoms with Gasteiger partial charge in [-0.15, -0.1) is 0 Å². The molecular formula is C20H26. The van der Waals surface area contributed by atoms with E-state index in [1.54, 1.807) is 0 Å². The van der Waals surface area contributed by atoms with Crippen molar-refractivity contribution >= 4 is 6.08 Å². The molecule has 2 rings (SSSR count). The first-order valence-corrected chi connectivity index (χ1v) is 7.57. The van der Waals surface area contributed by atoms with Gasteiger partial charge in [0.05, 0.1) is 0 Å². The van der Waals surface area contributed by atoms with Gasteiger partial charge in [-0.3, -0.25) is 0 Å². The van der Waals surface area contributed by atoms with E-state index in [-0.39, 0.29) is 0 Å². The van der Waals surface area contributed by atoms with Crippen molar-refractivity contribution in [2.24, 2.45) is 0 Å². The number of hydrogen-bond acceptors (Lipinski definition) is 0. The van der Waals surface area contributed by atoms with Crippen LogP contribution in [0.3, 0.4) is 0 Å². The van der Waals surface area contributed by atoms with E-state index in [1.165, 1.54) is 27.8 Å². The molecule has 0 N–H and O–H groups in total. The van der Waals surface area contributed by atoms with Gasteiger partial charge in [0.25, 0.3) is 0 Å². The van der Waals surface area contributed by atoms with E-state index in [9.17, 15) is 0 Å². The van der Waals surface area contributed by atoms with Gasteiger partial charge in [-0.2, -0.15) is 0 Å². The van der Waals surface area contributed by atoms with Crippen LogP contribution in [0.15, 0.2) is 48.5 Å². The molecule has 2 aromatic carbocycles. The summed E-state index contributed by atoms with van der Waals surface area (Å²) in [6.45, 7) is 10.4. The molecule has 0 saturated heterocycles. The number of allylic oxidation sites excluding steroid dienone is 1. The smallest absolute Gasteiger partial charge is 0.0178 e. The fourth-order valence-electron chi connectivity index (χ4n) is 2.26. The van der Waals surface area contributed by atoms with Crippen LogP contribution in [0, 0.1) is 6.92 Å². The van der Waals surface area contributed by atoms with Crippen molar-refractivity contribution in [1.82, 2.24) is 0 Å². The maximum atomic E-state index is 2.29. The Morgan fingerprint density at radius 1 is 0.950 bits per heavy atom. The van der Waals surface area contributed by atoms with Gasteiger partial charge in [0, 0.05) is 0 Å². The number of hydrogen-bond donors (Lipinski definition) is 0. The monoisotopic (exact) mass is 266 g/mol. The SMILES string of the molecule is C/C=C\c1cc(-c2cccc(C)c2)ccc1CC.CC. The first-order chi connectivity index (χ1) is 9.74. The average Bonchev–Trinajstić information content (AvgIpc) is 2.49. The van der Waals surface area contributed by atoms with Crippen LogP contribution in [-0.4, -0.2) is 0 Å². The topological polar surface area (TPSA) is 0 Å². The lowest BCUT2D eigenvalue weighted by Gasteiger charge is -2.08. The molecule has 0 atom stereocenters. The minimum Gasteiger partial charge on any atom is -0.0871 e. The first kappa shape index (κ1) is 16.2. The molecule has 0 spiro atoms. The van der Waals surface area contributed by atoms with Crippen molar-refractivity contribution in [3.05, 3.63) is 65.2 Å². The van der Waals surface area contributed by atoms with E-state index in [0.717, 1.165) is 6.42 Å². The lowest BCUT2D eigenvalue weighted by Crippen LogP contribution is -1.88. The molecule has 0 heterocycles. The lowest BCUT2D eigenvalue weighted by atomic mass is 9.97. The van der Waals surface area contributed by atoms with E-state index >= 15 is 0 Å². The number of benzene rings is 2. The van der Waals surface area contributed by atoms with E-state index in [1.807, 2.05) is 13.8 Å². The molecule has 20 heavy (non-hydrogen) atoms. The molecule has 0 fully saturated rings. The number of aryl methyl sites for hydroxylation is 2. The molecule has 0 radical (unpaired) electrons.